The Hall–Kier alpha value is -2.89. The normalized spacial score (nSPS) is 10.3. The minimum Gasteiger partial charge on any atom is -0.508 e. The van der Waals surface area contributed by atoms with Crippen molar-refractivity contribution < 1.29 is 28.9 Å². The number of carbonyl (C=O) groups excluding carboxylic acids is 1. The van der Waals surface area contributed by atoms with E-state index in [2.05, 4.69) is 0 Å². The van der Waals surface area contributed by atoms with Crippen LogP contribution in [-0.2, 0) is 4.74 Å². The lowest BCUT2D eigenvalue weighted by atomic mass is 10.0. The average molecular weight is 304 g/mol. The lowest BCUT2D eigenvalue weighted by Crippen LogP contribution is -2.07. The molecule has 0 radical (unpaired) electrons. The SMILES string of the molecule is CCOC(=O)c1ccc(-c2cc(O)cc(C(=O)O)c2)cc1F. The Morgan fingerprint density at radius 1 is 1.14 bits per heavy atom. The number of phenolic OH excluding ortho intramolecular Hbond substituents is 1. The van der Waals surface area contributed by atoms with E-state index in [-0.39, 0.29) is 23.5 Å². The van der Waals surface area contributed by atoms with Gasteiger partial charge in [0.2, 0.25) is 0 Å². The Morgan fingerprint density at radius 3 is 2.45 bits per heavy atom. The monoisotopic (exact) mass is 304 g/mol. The number of hydrogen-bond donors (Lipinski definition) is 2. The molecule has 0 aliphatic carbocycles. The van der Waals surface area contributed by atoms with E-state index in [1.807, 2.05) is 0 Å². The molecule has 0 bridgehead atoms. The van der Waals surface area contributed by atoms with Gasteiger partial charge >= 0.3 is 11.9 Å². The van der Waals surface area contributed by atoms with Crippen molar-refractivity contribution in [1.29, 1.82) is 0 Å². The molecule has 2 N–H and O–H groups in total. The molecule has 22 heavy (non-hydrogen) atoms. The van der Waals surface area contributed by atoms with Crippen LogP contribution >= 0.6 is 0 Å². The summed E-state index contributed by atoms with van der Waals surface area (Å²) in [7, 11) is 0. The molecule has 6 heteroatoms. The summed E-state index contributed by atoms with van der Waals surface area (Å²) in [5.74, 6) is -3.00. The fraction of sp³-hybridized carbons (Fsp3) is 0.125. The molecule has 5 nitrogen and oxygen atoms in total. The number of carbonyl (C=O) groups is 2. The summed E-state index contributed by atoms with van der Waals surface area (Å²) in [5.41, 5.74) is 0.338. The summed E-state index contributed by atoms with van der Waals surface area (Å²) in [6, 6.07) is 7.51. The maximum absolute atomic E-state index is 14.0. The van der Waals surface area contributed by atoms with Gasteiger partial charge in [-0.15, -0.1) is 0 Å². The third kappa shape index (κ3) is 3.22. The summed E-state index contributed by atoms with van der Waals surface area (Å²) >= 11 is 0. The van der Waals surface area contributed by atoms with E-state index < -0.39 is 17.8 Å². The molecule has 0 saturated carbocycles. The zero-order valence-electron chi connectivity index (χ0n) is 11.7. The molecule has 0 aliphatic heterocycles. The smallest absolute Gasteiger partial charge is 0.341 e. The molecular formula is C16H13FO5. The number of carboxylic acid groups (broad SMARTS) is 1. The lowest BCUT2D eigenvalue weighted by Gasteiger charge is -2.08. The van der Waals surface area contributed by atoms with E-state index in [9.17, 15) is 19.1 Å². The van der Waals surface area contributed by atoms with Gasteiger partial charge in [-0.2, -0.15) is 0 Å². The molecule has 114 valence electrons. The number of esters is 1. The van der Waals surface area contributed by atoms with E-state index in [1.165, 1.54) is 24.3 Å². The number of carboxylic acids is 1. The van der Waals surface area contributed by atoms with Gasteiger partial charge in [0.15, 0.2) is 0 Å². The van der Waals surface area contributed by atoms with Gasteiger partial charge in [-0.3, -0.25) is 0 Å². The van der Waals surface area contributed by atoms with E-state index >= 15 is 0 Å². The Balaban J connectivity index is 2.44. The highest BCUT2D eigenvalue weighted by molar-refractivity contribution is 5.92. The van der Waals surface area contributed by atoms with Gasteiger partial charge in [0.1, 0.15) is 11.6 Å². The Bertz CT molecular complexity index is 739. The number of benzene rings is 2. The van der Waals surface area contributed by atoms with Crippen molar-refractivity contribution in [3.05, 3.63) is 53.3 Å². The minimum atomic E-state index is -1.21. The van der Waals surface area contributed by atoms with Crippen molar-refractivity contribution in [2.24, 2.45) is 0 Å². The molecule has 0 amide bonds. The van der Waals surface area contributed by atoms with Crippen molar-refractivity contribution in [3.8, 4) is 16.9 Å². The third-order valence-corrected chi connectivity index (χ3v) is 2.96. The lowest BCUT2D eigenvalue weighted by molar-refractivity contribution is 0.0520. The second-order valence-electron chi connectivity index (χ2n) is 4.49. The van der Waals surface area contributed by atoms with Gasteiger partial charge in [0.05, 0.1) is 17.7 Å². The molecule has 2 aromatic rings. The van der Waals surface area contributed by atoms with Crippen molar-refractivity contribution >= 4 is 11.9 Å². The fourth-order valence-corrected chi connectivity index (χ4v) is 1.97. The minimum absolute atomic E-state index is 0.120. The second-order valence-corrected chi connectivity index (χ2v) is 4.49. The third-order valence-electron chi connectivity index (χ3n) is 2.96. The quantitative estimate of drug-likeness (QED) is 0.848. The van der Waals surface area contributed by atoms with E-state index in [1.54, 1.807) is 6.92 Å². The van der Waals surface area contributed by atoms with Crippen LogP contribution in [-0.4, -0.2) is 28.8 Å². The van der Waals surface area contributed by atoms with E-state index in [0.717, 1.165) is 12.1 Å². The summed E-state index contributed by atoms with van der Waals surface area (Å²) in [6.07, 6.45) is 0. The standard InChI is InChI=1S/C16H13FO5/c1-2-22-16(21)13-4-3-9(8-14(13)17)10-5-11(15(19)20)7-12(18)6-10/h3-8,18H,2H2,1H3,(H,19,20). The predicted molar refractivity (Wildman–Crippen MR) is 76.4 cm³/mol. The average Bonchev–Trinajstić information content (AvgIpc) is 2.46. The number of aromatic carboxylic acids is 1. The second kappa shape index (κ2) is 6.26. The van der Waals surface area contributed by atoms with Crippen LogP contribution in [0.25, 0.3) is 11.1 Å². The maximum atomic E-state index is 14.0. The molecule has 2 aromatic carbocycles. The van der Waals surface area contributed by atoms with Gasteiger partial charge in [0.25, 0.3) is 0 Å². The van der Waals surface area contributed by atoms with Crippen LogP contribution in [0.15, 0.2) is 36.4 Å². The van der Waals surface area contributed by atoms with Crippen molar-refractivity contribution in [3.63, 3.8) is 0 Å². The van der Waals surface area contributed by atoms with Gasteiger partial charge in [-0.25, -0.2) is 14.0 Å². The number of ether oxygens (including phenoxy) is 1. The first-order chi connectivity index (χ1) is 10.4. The summed E-state index contributed by atoms with van der Waals surface area (Å²) in [5, 5.41) is 18.5. The largest absolute Gasteiger partial charge is 0.508 e. The highest BCUT2D eigenvalue weighted by Crippen LogP contribution is 2.27. The van der Waals surface area contributed by atoms with Crippen LogP contribution < -0.4 is 0 Å². The molecule has 0 unspecified atom stereocenters. The first-order valence-corrected chi connectivity index (χ1v) is 6.46. The summed E-state index contributed by atoms with van der Waals surface area (Å²) in [4.78, 5) is 22.5. The maximum Gasteiger partial charge on any atom is 0.341 e. The van der Waals surface area contributed by atoms with Gasteiger partial charge in [-0.05, 0) is 48.4 Å². The van der Waals surface area contributed by atoms with Gasteiger partial charge in [0, 0.05) is 0 Å². The van der Waals surface area contributed by atoms with Crippen LogP contribution in [0.1, 0.15) is 27.6 Å². The number of halogens is 1. The topological polar surface area (TPSA) is 83.8 Å². The molecule has 0 atom stereocenters. The van der Waals surface area contributed by atoms with Crippen LogP contribution in [0.5, 0.6) is 5.75 Å². The van der Waals surface area contributed by atoms with E-state index in [4.69, 9.17) is 9.84 Å². The van der Waals surface area contributed by atoms with Crippen LogP contribution in [0.2, 0.25) is 0 Å². The van der Waals surface area contributed by atoms with Crippen molar-refractivity contribution in [2.75, 3.05) is 6.61 Å². The number of hydrogen-bond acceptors (Lipinski definition) is 4. The molecule has 0 saturated heterocycles. The van der Waals surface area contributed by atoms with Crippen molar-refractivity contribution in [1.82, 2.24) is 0 Å². The number of aromatic hydroxyl groups is 1. The number of rotatable bonds is 4. The Labute approximate surface area is 125 Å². The highest BCUT2D eigenvalue weighted by atomic mass is 19.1. The molecule has 0 aliphatic rings. The summed E-state index contributed by atoms with van der Waals surface area (Å²) in [6.45, 7) is 1.75. The summed E-state index contributed by atoms with van der Waals surface area (Å²) < 4.78 is 18.7. The Morgan fingerprint density at radius 2 is 1.86 bits per heavy atom. The van der Waals surface area contributed by atoms with Crippen LogP contribution in [0.4, 0.5) is 4.39 Å². The fourth-order valence-electron chi connectivity index (χ4n) is 1.97. The van der Waals surface area contributed by atoms with Gasteiger partial charge < -0.3 is 14.9 Å². The molecule has 0 aromatic heterocycles. The molecule has 0 spiro atoms. The molecule has 0 fully saturated rings. The zero-order chi connectivity index (χ0) is 16.3. The Kier molecular flexibility index (Phi) is 4.41. The van der Waals surface area contributed by atoms with Gasteiger partial charge in [-0.1, -0.05) is 6.07 Å². The molecular weight excluding hydrogens is 291 g/mol. The van der Waals surface area contributed by atoms with Crippen LogP contribution in [0, 0.1) is 5.82 Å². The van der Waals surface area contributed by atoms with E-state index in [0.29, 0.717) is 11.1 Å². The van der Waals surface area contributed by atoms with Crippen molar-refractivity contribution in [2.45, 2.75) is 6.92 Å². The first-order valence-electron chi connectivity index (χ1n) is 6.46. The zero-order valence-corrected chi connectivity index (χ0v) is 11.7. The highest BCUT2D eigenvalue weighted by Gasteiger charge is 2.15. The number of phenols is 1. The predicted octanol–water partition coefficient (Wildman–Crippen LogP) is 3.07. The molecule has 2 rings (SSSR count). The van der Waals surface area contributed by atoms with Crippen LogP contribution in [0.3, 0.4) is 0 Å². The molecule has 0 heterocycles. The first kappa shape index (κ1) is 15.5.